The molecule has 0 radical (unpaired) electrons. The van der Waals surface area contributed by atoms with E-state index >= 15 is 0 Å². The SMILES string of the molecule is CC(CCNc1nc(NN)c(Cl)cc1Cl)c1ccccc1. The van der Waals surface area contributed by atoms with Gasteiger partial charge in [-0.2, -0.15) is 0 Å². The number of nitrogens with two attached hydrogens (primary N) is 1. The number of anilines is 2. The van der Waals surface area contributed by atoms with Crippen LogP contribution in [0, 0.1) is 0 Å². The molecule has 0 aliphatic carbocycles. The van der Waals surface area contributed by atoms with Gasteiger partial charge in [-0.05, 0) is 24.0 Å². The number of aromatic nitrogens is 1. The molecule has 1 aromatic carbocycles. The number of nitrogens with zero attached hydrogens (tertiary/aromatic N) is 1. The molecule has 4 N–H and O–H groups in total. The van der Waals surface area contributed by atoms with Crippen LogP contribution in [0.4, 0.5) is 11.6 Å². The van der Waals surface area contributed by atoms with E-state index in [0.29, 0.717) is 27.6 Å². The Morgan fingerprint density at radius 2 is 1.81 bits per heavy atom. The molecule has 6 heteroatoms. The van der Waals surface area contributed by atoms with E-state index in [9.17, 15) is 0 Å². The molecule has 0 aliphatic rings. The fourth-order valence-corrected chi connectivity index (χ4v) is 2.53. The first-order valence-electron chi connectivity index (χ1n) is 6.73. The second kappa shape index (κ2) is 7.50. The Morgan fingerprint density at radius 3 is 2.48 bits per heavy atom. The van der Waals surface area contributed by atoms with Gasteiger partial charge in [0.15, 0.2) is 5.82 Å². The maximum absolute atomic E-state index is 6.11. The van der Waals surface area contributed by atoms with Gasteiger partial charge in [0.25, 0.3) is 0 Å². The smallest absolute Gasteiger partial charge is 0.161 e. The number of nitrogens with one attached hydrogen (secondary N) is 2. The van der Waals surface area contributed by atoms with E-state index in [-0.39, 0.29) is 0 Å². The fraction of sp³-hybridized carbons (Fsp3) is 0.267. The highest BCUT2D eigenvalue weighted by molar-refractivity contribution is 6.37. The van der Waals surface area contributed by atoms with Crippen LogP contribution in [-0.2, 0) is 0 Å². The van der Waals surface area contributed by atoms with Crippen molar-refractivity contribution in [1.29, 1.82) is 0 Å². The van der Waals surface area contributed by atoms with Gasteiger partial charge >= 0.3 is 0 Å². The maximum atomic E-state index is 6.11. The minimum atomic E-state index is 0.394. The average Bonchev–Trinajstić information content (AvgIpc) is 2.50. The van der Waals surface area contributed by atoms with Crippen LogP contribution >= 0.6 is 23.2 Å². The van der Waals surface area contributed by atoms with Crippen molar-refractivity contribution in [3.63, 3.8) is 0 Å². The lowest BCUT2D eigenvalue weighted by Gasteiger charge is -2.14. The molecule has 0 bridgehead atoms. The molecule has 112 valence electrons. The van der Waals surface area contributed by atoms with Crippen molar-refractivity contribution in [1.82, 2.24) is 4.98 Å². The van der Waals surface area contributed by atoms with Gasteiger partial charge in [0.1, 0.15) is 5.82 Å². The van der Waals surface area contributed by atoms with Crippen molar-refractivity contribution in [3.8, 4) is 0 Å². The topological polar surface area (TPSA) is 63.0 Å². The highest BCUT2D eigenvalue weighted by atomic mass is 35.5. The summed E-state index contributed by atoms with van der Waals surface area (Å²) in [5, 5.41) is 4.09. The first-order valence-corrected chi connectivity index (χ1v) is 7.49. The normalized spacial score (nSPS) is 12.0. The second-order valence-electron chi connectivity index (χ2n) is 4.82. The standard InChI is InChI=1S/C15H18Cl2N4/c1-10(11-5-3-2-4-6-11)7-8-19-14-12(16)9-13(17)15(20-14)21-18/h2-6,9-10H,7-8,18H2,1H3,(H2,19,20,21). The van der Waals surface area contributed by atoms with E-state index in [1.165, 1.54) is 5.56 Å². The van der Waals surface area contributed by atoms with Crippen molar-refractivity contribution in [2.24, 2.45) is 5.84 Å². The quantitative estimate of drug-likeness (QED) is 0.548. The summed E-state index contributed by atoms with van der Waals surface area (Å²) >= 11 is 12.1. The van der Waals surface area contributed by atoms with Crippen LogP contribution in [-0.4, -0.2) is 11.5 Å². The number of halogens is 2. The Kier molecular flexibility index (Phi) is 5.67. The number of hydrazine groups is 1. The minimum Gasteiger partial charge on any atom is -0.369 e. The summed E-state index contributed by atoms with van der Waals surface area (Å²) in [6, 6.07) is 12.0. The molecule has 1 heterocycles. The Labute approximate surface area is 134 Å². The zero-order valence-corrected chi connectivity index (χ0v) is 13.2. The van der Waals surface area contributed by atoms with Gasteiger partial charge < -0.3 is 10.7 Å². The number of benzene rings is 1. The number of pyridine rings is 1. The number of hydrogen-bond donors (Lipinski definition) is 3. The van der Waals surface area contributed by atoms with Crippen LogP contribution in [0.15, 0.2) is 36.4 Å². The Morgan fingerprint density at radius 1 is 1.14 bits per heavy atom. The highest BCUT2D eigenvalue weighted by Gasteiger charge is 2.09. The lowest BCUT2D eigenvalue weighted by atomic mass is 9.98. The van der Waals surface area contributed by atoms with Crippen LogP contribution in [0.1, 0.15) is 24.8 Å². The molecular formula is C15H18Cl2N4. The predicted molar refractivity (Wildman–Crippen MR) is 90.0 cm³/mol. The molecule has 0 fully saturated rings. The summed E-state index contributed by atoms with van der Waals surface area (Å²) in [6.07, 6.45) is 0.968. The van der Waals surface area contributed by atoms with Gasteiger partial charge in [-0.1, -0.05) is 60.5 Å². The largest absolute Gasteiger partial charge is 0.369 e. The molecule has 0 saturated carbocycles. The summed E-state index contributed by atoms with van der Waals surface area (Å²) in [7, 11) is 0. The minimum absolute atomic E-state index is 0.394. The zero-order chi connectivity index (χ0) is 15.2. The van der Waals surface area contributed by atoms with Crippen LogP contribution in [0.25, 0.3) is 0 Å². The molecule has 0 amide bonds. The molecule has 1 unspecified atom stereocenters. The first-order chi connectivity index (χ1) is 10.1. The molecule has 1 atom stereocenters. The third-order valence-corrected chi connectivity index (χ3v) is 3.88. The Bertz CT molecular complexity index is 590. The maximum Gasteiger partial charge on any atom is 0.161 e. The van der Waals surface area contributed by atoms with Gasteiger partial charge in [0.2, 0.25) is 0 Å². The summed E-state index contributed by atoms with van der Waals surface area (Å²) in [4.78, 5) is 4.25. The van der Waals surface area contributed by atoms with Gasteiger partial charge in [-0.3, -0.25) is 0 Å². The molecule has 21 heavy (non-hydrogen) atoms. The van der Waals surface area contributed by atoms with Crippen LogP contribution in [0.5, 0.6) is 0 Å². The zero-order valence-electron chi connectivity index (χ0n) is 11.7. The van der Waals surface area contributed by atoms with E-state index in [1.54, 1.807) is 6.07 Å². The average molecular weight is 325 g/mol. The molecule has 0 spiro atoms. The molecule has 2 aromatic rings. The van der Waals surface area contributed by atoms with Crippen molar-refractivity contribution in [2.45, 2.75) is 19.3 Å². The van der Waals surface area contributed by atoms with Crippen LogP contribution < -0.4 is 16.6 Å². The summed E-state index contributed by atoms with van der Waals surface area (Å²) < 4.78 is 0. The van der Waals surface area contributed by atoms with Crippen molar-refractivity contribution in [3.05, 3.63) is 52.0 Å². The van der Waals surface area contributed by atoms with E-state index in [2.05, 4.69) is 46.9 Å². The lowest BCUT2D eigenvalue weighted by Crippen LogP contribution is -2.12. The lowest BCUT2D eigenvalue weighted by molar-refractivity contribution is 0.705. The third-order valence-electron chi connectivity index (χ3n) is 3.30. The third kappa shape index (κ3) is 4.24. The number of nitrogen functional groups attached to an aromatic ring is 1. The predicted octanol–water partition coefficient (Wildman–Crippen LogP) is 4.28. The second-order valence-corrected chi connectivity index (χ2v) is 5.64. The van der Waals surface area contributed by atoms with Crippen molar-refractivity contribution in [2.75, 3.05) is 17.3 Å². The van der Waals surface area contributed by atoms with E-state index in [1.807, 2.05) is 6.07 Å². The van der Waals surface area contributed by atoms with E-state index in [0.717, 1.165) is 13.0 Å². The van der Waals surface area contributed by atoms with Crippen LogP contribution in [0.2, 0.25) is 10.0 Å². The highest BCUT2D eigenvalue weighted by Crippen LogP contribution is 2.29. The monoisotopic (exact) mass is 324 g/mol. The summed E-state index contributed by atoms with van der Waals surface area (Å²) in [6.45, 7) is 2.95. The Balaban J connectivity index is 1.94. The van der Waals surface area contributed by atoms with E-state index in [4.69, 9.17) is 29.0 Å². The van der Waals surface area contributed by atoms with Crippen LogP contribution in [0.3, 0.4) is 0 Å². The van der Waals surface area contributed by atoms with Gasteiger partial charge in [-0.25, -0.2) is 10.8 Å². The first kappa shape index (κ1) is 15.9. The van der Waals surface area contributed by atoms with Crippen molar-refractivity contribution < 1.29 is 0 Å². The molecule has 1 aromatic heterocycles. The molecular weight excluding hydrogens is 307 g/mol. The fourth-order valence-electron chi connectivity index (χ4n) is 2.05. The van der Waals surface area contributed by atoms with Gasteiger partial charge in [0.05, 0.1) is 10.0 Å². The van der Waals surface area contributed by atoms with E-state index < -0.39 is 0 Å². The number of rotatable bonds is 6. The molecule has 4 nitrogen and oxygen atoms in total. The molecule has 2 rings (SSSR count). The van der Waals surface area contributed by atoms with Gasteiger partial charge in [-0.15, -0.1) is 0 Å². The summed E-state index contributed by atoms with van der Waals surface area (Å²) in [5.74, 6) is 6.79. The van der Waals surface area contributed by atoms with Crippen molar-refractivity contribution >= 4 is 34.8 Å². The number of hydrogen-bond acceptors (Lipinski definition) is 4. The molecule has 0 saturated heterocycles. The Hall–Kier alpha value is -1.49. The summed E-state index contributed by atoms with van der Waals surface area (Å²) in [5.41, 5.74) is 3.76. The molecule has 0 aliphatic heterocycles. The van der Waals surface area contributed by atoms with Gasteiger partial charge in [0, 0.05) is 6.54 Å².